The molecule has 4 aliphatic rings. The number of ether oxygens (including phenoxy) is 3. The predicted molar refractivity (Wildman–Crippen MR) is 229 cm³/mol. The number of nitrogens with one attached hydrogen (secondary N) is 3. The molecule has 2 bridgehead atoms. The van der Waals surface area contributed by atoms with Gasteiger partial charge in [-0.05, 0) is 80.1 Å². The minimum absolute atomic E-state index is 0.00854. The summed E-state index contributed by atoms with van der Waals surface area (Å²) in [6.07, 6.45) is 7.11. The molecule has 0 saturated carbocycles. The first-order chi connectivity index (χ1) is 30.2. The number of hydrogen-bond acceptors (Lipinski definition) is 13. The molecule has 0 aliphatic carbocycles. The Kier molecular flexibility index (Phi) is 15.0. The number of aryl methyl sites for hydroxylation is 1. The smallest absolute Gasteiger partial charge is 0.262 e. The maximum Gasteiger partial charge on any atom is 0.262 e. The number of nitrogens with zero attached hydrogens (tertiary/aromatic N) is 3. The molecule has 4 aliphatic heterocycles. The Labute approximate surface area is 360 Å². The number of fused-ring (bicyclic) bond motifs is 3. The van der Waals surface area contributed by atoms with Gasteiger partial charge in [-0.2, -0.15) is 0 Å². The monoisotopic (exact) mass is 850 g/mol. The minimum Gasteiger partial charge on any atom is -0.507 e. The molecule has 16 heteroatoms. The van der Waals surface area contributed by atoms with Gasteiger partial charge in [0.1, 0.15) is 11.8 Å². The molecule has 16 nitrogen and oxygen atoms in total. The van der Waals surface area contributed by atoms with Gasteiger partial charge in [-0.25, -0.2) is 0 Å². The van der Waals surface area contributed by atoms with Crippen LogP contribution in [-0.4, -0.2) is 134 Å². The van der Waals surface area contributed by atoms with Crippen molar-refractivity contribution in [3.05, 3.63) is 101 Å². The van der Waals surface area contributed by atoms with Crippen molar-refractivity contribution in [1.82, 2.24) is 20.4 Å². The number of piperazine rings is 1. The zero-order valence-corrected chi connectivity index (χ0v) is 34.7. The molecule has 0 radical (unpaired) electrons. The number of carbonyl (C=O) groups excluding carboxylic acids is 6. The summed E-state index contributed by atoms with van der Waals surface area (Å²) in [5.74, 6) is -2.32. The Bertz CT molecular complexity index is 2140. The van der Waals surface area contributed by atoms with E-state index in [2.05, 4.69) is 50.0 Å². The van der Waals surface area contributed by atoms with E-state index < -0.39 is 29.7 Å². The van der Waals surface area contributed by atoms with Crippen LogP contribution in [0, 0.1) is 0 Å². The predicted octanol–water partition coefficient (Wildman–Crippen LogP) is 3.44. The second kappa shape index (κ2) is 21.1. The third-order valence-corrected chi connectivity index (χ3v) is 11.5. The fourth-order valence-electron chi connectivity index (χ4n) is 8.26. The third-order valence-electron chi connectivity index (χ3n) is 11.5. The van der Waals surface area contributed by atoms with Crippen molar-refractivity contribution in [1.29, 1.82) is 0 Å². The van der Waals surface area contributed by atoms with Crippen LogP contribution in [0.25, 0.3) is 0 Å². The Morgan fingerprint density at radius 3 is 2.23 bits per heavy atom. The molecule has 0 spiro atoms. The van der Waals surface area contributed by atoms with Crippen molar-refractivity contribution in [3.63, 3.8) is 0 Å². The molecular weight excluding hydrogens is 797 g/mol. The summed E-state index contributed by atoms with van der Waals surface area (Å²) in [6, 6.07) is 19.6. The van der Waals surface area contributed by atoms with Gasteiger partial charge >= 0.3 is 0 Å². The van der Waals surface area contributed by atoms with Crippen LogP contribution in [0.1, 0.15) is 75.2 Å². The molecule has 4 heterocycles. The van der Waals surface area contributed by atoms with Crippen LogP contribution >= 0.6 is 0 Å². The molecule has 7 rings (SSSR count). The number of phenolic OH excluding ortho intramolecular Hbond substituents is 1. The number of amides is 5. The van der Waals surface area contributed by atoms with Crippen LogP contribution < -0.4 is 20.9 Å². The molecule has 5 amide bonds. The molecular formula is C46H54N6O10. The van der Waals surface area contributed by atoms with Crippen LogP contribution in [0.3, 0.4) is 0 Å². The Hall–Kier alpha value is -6.10. The quantitative estimate of drug-likeness (QED) is 0.0470. The van der Waals surface area contributed by atoms with E-state index in [9.17, 15) is 33.9 Å². The molecule has 3 fully saturated rings. The van der Waals surface area contributed by atoms with Gasteiger partial charge in [-0.15, -0.1) is 0 Å². The van der Waals surface area contributed by atoms with E-state index in [0.717, 1.165) is 30.0 Å². The lowest BCUT2D eigenvalue weighted by molar-refractivity contribution is -0.136. The number of benzene rings is 3. The average Bonchev–Trinajstić information content (AvgIpc) is 3.95. The maximum absolute atomic E-state index is 13.0. The summed E-state index contributed by atoms with van der Waals surface area (Å²) in [6.45, 7) is 5.63. The zero-order valence-electron chi connectivity index (χ0n) is 34.7. The first-order valence-corrected chi connectivity index (χ1v) is 21.4. The van der Waals surface area contributed by atoms with Crippen molar-refractivity contribution in [2.24, 2.45) is 0 Å². The van der Waals surface area contributed by atoms with Crippen LogP contribution in [-0.2, 0) is 35.0 Å². The van der Waals surface area contributed by atoms with Crippen molar-refractivity contribution < 1.29 is 48.1 Å². The number of aromatic hydroxyl groups is 1. The number of para-hydroxylation sites is 1. The molecule has 3 saturated heterocycles. The Morgan fingerprint density at radius 2 is 1.52 bits per heavy atom. The highest BCUT2D eigenvalue weighted by atomic mass is 16.5. The first-order valence-electron chi connectivity index (χ1n) is 21.4. The van der Waals surface area contributed by atoms with Crippen LogP contribution in [0.4, 0.5) is 11.4 Å². The van der Waals surface area contributed by atoms with Crippen molar-refractivity contribution >= 4 is 46.7 Å². The number of hydrogen-bond donors (Lipinski definition) is 4. The van der Waals surface area contributed by atoms with Gasteiger partial charge in [0.15, 0.2) is 5.78 Å². The van der Waals surface area contributed by atoms with Gasteiger partial charge in [0, 0.05) is 88.0 Å². The van der Waals surface area contributed by atoms with E-state index in [4.69, 9.17) is 14.2 Å². The number of allylic oxidation sites excluding steroid dienone is 1. The van der Waals surface area contributed by atoms with Gasteiger partial charge in [0.05, 0.1) is 43.1 Å². The number of phenols is 1. The fourth-order valence-corrected chi connectivity index (χ4v) is 8.26. The molecule has 4 N–H and O–H groups in total. The number of imide groups is 2. The topological polar surface area (TPSA) is 196 Å². The van der Waals surface area contributed by atoms with Crippen molar-refractivity contribution in [2.75, 3.05) is 76.0 Å². The molecule has 62 heavy (non-hydrogen) atoms. The van der Waals surface area contributed by atoms with E-state index in [1.165, 1.54) is 11.8 Å². The normalized spacial score (nSPS) is 19.4. The SMILES string of the molecule is O=C(CCc1ccc(N2C[C@@H]3C[C@H]2CN3/C=C/C(=O)c2ccccc2O)cc1)NCCCOCCOCCOCCCNc1ccc2c(c1)C(=O)N(C1CCC(=O)NC1=O)C2=O. The summed E-state index contributed by atoms with van der Waals surface area (Å²) >= 11 is 0. The first kappa shape index (κ1) is 44.0. The molecule has 1 unspecified atom stereocenters. The lowest BCUT2D eigenvalue weighted by Crippen LogP contribution is -2.54. The van der Waals surface area contributed by atoms with Gasteiger partial charge < -0.3 is 39.8 Å². The summed E-state index contributed by atoms with van der Waals surface area (Å²) in [5.41, 5.74) is 3.73. The highest BCUT2D eigenvalue weighted by molar-refractivity contribution is 6.23. The third kappa shape index (κ3) is 11.0. The zero-order chi connectivity index (χ0) is 43.4. The van der Waals surface area contributed by atoms with E-state index >= 15 is 0 Å². The van der Waals surface area contributed by atoms with Gasteiger partial charge in [-0.3, -0.25) is 39.0 Å². The van der Waals surface area contributed by atoms with Crippen LogP contribution in [0.2, 0.25) is 0 Å². The van der Waals surface area contributed by atoms with Gasteiger partial charge in [0.25, 0.3) is 11.8 Å². The summed E-state index contributed by atoms with van der Waals surface area (Å²) < 4.78 is 16.8. The van der Waals surface area contributed by atoms with E-state index in [1.54, 1.807) is 42.5 Å². The average molecular weight is 851 g/mol. The largest absolute Gasteiger partial charge is 0.507 e. The van der Waals surface area contributed by atoms with Crippen LogP contribution in [0.5, 0.6) is 5.75 Å². The number of piperidine rings is 1. The number of likely N-dealkylation sites (tertiary alicyclic amines) is 1. The molecule has 328 valence electrons. The number of anilines is 2. The van der Waals surface area contributed by atoms with Crippen LogP contribution in [0.15, 0.2) is 79.0 Å². The second-order valence-electron chi connectivity index (χ2n) is 15.8. The minimum atomic E-state index is -0.993. The molecule has 3 aromatic carbocycles. The lowest BCUT2D eigenvalue weighted by atomic mass is 10.0. The Morgan fingerprint density at radius 1 is 0.806 bits per heavy atom. The highest BCUT2D eigenvalue weighted by Gasteiger charge is 2.45. The lowest BCUT2D eigenvalue weighted by Gasteiger charge is -2.35. The molecule has 3 atom stereocenters. The van der Waals surface area contributed by atoms with Gasteiger partial charge in [0.2, 0.25) is 17.7 Å². The van der Waals surface area contributed by atoms with E-state index in [0.29, 0.717) is 102 Å². The molecule has 0 aromatic heterocycles. The van der Waals surface area contributed by atoms with E-state index in [-0.39, 0.29) is 41.4 Å². The van der Waals surface area contributed by atoms with Crippen molar-refractivity contribution in [3.8, 4) is 5.75 Å². The number of carbonyl (C=O) groups is 6. The second-order valence-corrected chi connectivity index (χ2v) is 15.8. The fraction of sp³-hybridized carbons (Fsp3) is 0.435. The maximum atomic E-state index is 13.0. The standard InChI is InChI=1S/C46H54N6O10/c53-40-6-2-1-5-37(40)41(54)17-20-50-29-35-28-34(50)30-51(35)33-11-7-31(8-12-33)9-15-42(55)48-19-4-22-61-24-26-62-25-23-60-21-3-18-47-32-10-13-36-38(27-32)46(59)52(45(36)58)39-14-16-43(56)49-44(39)57/h1-2,5-8,10-13,17,20,27,34-35,39,47,53H,3-4,9,14-16,18-19,21-26,28-30H2,(H,48,55)(H,49,56,57)/b20-17+/t34-,35-,39?/m0/s1. The summed E-state index contributed by atoms with van der Waals surface area (Å²) in [5, 5.41) is 18.4. The number of ketones is 1. The summed E-state index contributed by atoms with van der Waals surface area (Å²) in [4.78, 5) is 80.2. The van der Waals surface area contributed by atoms with E-state index in [1.807, 2.05) is 6.20 Å². The Balaban J connectivity index is 0.662. The highest BCUT2D eigenvalue weighted by Crippen LogP contribution is 2.35. The van der Waals surface area contributed by atoms with Gasteiger partial charge in [-0.1, -0.05) is 24.3 Å². The van der Waals surface area contributed by atoms with Crippen molar-refractivity contribution in [2.45, 2.75) is 63.1 Å². The number of rotatable bonds is 23. The summed E-state index contributed by atoms with van der Waals surface area (Å²) in [7, 11) is 0. The molecule has 3 aromatic rings.